The fraction of sp³-hybridized carbons (Fsp3) is 1.00. The summed E-state index contributed by atoms with van der Waals surface area (Å²) in [4.78, 5) is 2.18. The highest BCUT2D eigenvalue weighted by Crippen LogP contribution is 2.10. The zero-order valence-corrected chi connectivity index (χ0v) is 21.5. The van der Waals surface area contributed by atoms with Gasteiger partial charge in [0.05, 0.1) is 25.4 Å². The first-order valence-electron chi connectivity index (χ1n) is 13.2. The predicted molar refractivity (Wildman–Crippen MR) is 132 cm³/mol. The first-order chi connectivity index (χ1) is 14.9. The number of rotatable bonds is 23. The smallest absolute Gasteiger partial charge is 0.0900 e. The molecule has 2 N–H and O–H groups in total. The van der Waals surface area contributed by atoms with Crippen molar-refractivity contribution in [1.29, 1.82) is 0 Å². The summed E-state index contributed by atoms with van der Waals surface area (Å²) in [6, 6.07) is 0. The van der Waals surface area contributed by atoms with E-state index >= 15 is 0 Å². The Hall–Kier alpha value is -0.200. The molecule has 0 bridgehead atoms. The molecule has 0 aromatic heterocycles. The van der Waals surface area contributed by atoms with E-state index in [1.807, 2.05) is 0 Å². The Bertz CT molecular complexity index is 341. The molecular formula is C26H55NO4. The molecular weight excluding hydrogens is 390 g/mol. The highest BCUT2D eigenvalue weighted by Gasteiger charge is 2.16. The Labute approximate surface area is 193 Å². The molecule has 0 fully saturated rings. The summed E-state index contributed by atoms with van der Waals surface area (Å²) in [6.45, 7) is 15.3. The lowest BCUT2D eigenvalue weighted by molar-refractivity contribution is -0.0117. The van der Waals surface area contributed by atoms with Gasteiger partial charge in [-0.1, -0.05) is 66.7 Å². The van der Waals surface area contributed by atoms with Crippen LogP contribution in [-0.4, -0.2) is 73.4 Å². The van der Waals surface area contributed by atoms with Crippen molar-refractivity contribution in [2.45, 2.75) is 111 Å². The van der Waals surface area contributed by atoms with Crippen LogP contribution in [0.3, 0.4) is 0 Å². The third-order valence-corrected chi connectivity index (χ3v) is 6.25. The molecule has 0 saturated heterocycles. The Morgan fingerprint density at radius 3 is 1.58 bits per heavy atom. The molecule has 0 radical (unpaired) electrons. The fourth-order valence-corrected chi connectivity index (χ4v) is 3.64. The van der Waals surface area contributed by atoms with Crippen LogP contribution >= 0.6 is 0 Å². The van der Waals surface area contributed by atoms with E-state index in [0.717, 1.165) is 37.6 Å². The maximum atomic E-state index is 10.4. The molecule has 4 atom stereocenters. The van der Waals surface area contributed by atoms with Crippen LogP contribution in [0.1, 0.15) is 98.8 Å². The lowest BCUT2D eigenvalue weighted by Gasteiger charge is -2.27. The second-order valence-electron chi connectivity index (χ2n) is 9.59. The third-order valence-electron chi connectivity index (χ3n) is 6.25. The molecule has 0 spiro atoms. The van der Waals surface area contributed by atoms with Gasteiger partial charge in [0.1, 0.15) is 0 Å². The highest BCUT2D eigenvalue weighted by molar-refractivity contribution is 4.69. The maximum absolute atomic E-state index is 10.4. The van der Waals surface area contributed by atoms with Gasteiger partial charge in [0, 0.05) is 26.3 Å². The van der Waals surface area contributed by atoms with Gasteiger partial charge in [0.15, 0.2) is 0 Å². The van der Waals surface area contributed by atoms with E-state index in [1.165, 1.54) is 44.9 Å². The average Bonchev–Trinajstić information content (AvgIpc) is 2.75. The minimum absolute atomic E-state index is 0.369. The fourth-order valence-electron chi connectivity index (χ4n) is 3.64. The quantitative estimate of drug-likeness (QED) is 0.210. The van der Waals surface area contributed by atoms with Gasteiger partial charge in [-0.15, -0.1) is 0 Å². The first kappa shape index (κ1) is 30.8. The molecule has 0 aliphatic carbocycles. The van der Waals surface area contributed by atoms with Gasteiger partial charge in [-0.25, -0.2) is 0 Å². The topological polar surface area (TPSA) is 62.2 Å². The summed E-state index contributed by atoms with van der Waals surface area (Å²) in [5.41, 5.74) is 0. The molecule has 31 heavy (non-hydrogen) atoms. The first-order valence-corrected chi connectivity index (χ1v) is 13.2. The van der Waals surface area contributed by atoms with Crippen LogP contribution in [0.15, 0.2) is 0 Å². The van der Waals surface area contributed by atoms with Crippen molar-refractivity contribution in [2.75, 3.05) is 46.1 Å². The number of aliphatic hydroxyl groups excluding tert-OH is 2. The second-order valence-corrected chi connectivity index (χ2v) is 9.59. The minimum atomic E-state index is -0.515. The lowest BCUT2D eigenvalue weighted by atomic mass is 10.0. The Kier molecular flexibility index (Phi) is 21.5. The number of ether oxygens (including phenoxy) is 2. The average molecular weight is 446 g/mol. The van der Waals surface area contributed by atoms with Crippen LogP contribution < -0.4 is 0 Å². The lowest BCUT2D eigenvalue weighted by Crippen LogP contribution is -2.41. The van der Waals surface area contributed by atoms with Crippen molar-refractivity contribution in [2.24, 2.45) is 11.8 Å². The van der Waals surface area contributed by atoms with E-state index < -0.39 is 12.2 Å². The van der Waals surface area contributed by atoms with Gasteiger partial charge >= 0.3 is 0 Å². The van der Waals surface area contributed by atoms with Crippen LogP contribution in [0.4, 0.5) is 0 Å². The molecule has 0 aliphatic rings. The number of nitrogens with zero attached hydrogens (tertiary/aromatic N) is 1. The molecule has 0 aliphatic heterocycles. The monoisotopic (exact) mass is 445 g/mol. The van der Waals surface area contributed by atoms with E-state index in [9.17, 15) is 10.2 Å². The zero-order chi connectivity index (χ0) is 23.3. The summed E-state index contributed by atoms with van der Waals surface area (Å²) in [5.74, 6) is 1.48. The molecule has 0 aromatic carbocycles. The van der Waals surface area contributed by atoms with E-state index in [4.69, 9.17) is 9.47 Å². The van der Waals surface area contributed by atoms with Crippen molar-refractivity contribution >= 4 is 0 Å². The van der Waals surface area contributed by atoms with Gasteiger partial charge in [0.25, 0.3) is 0 Å². The van der Waals surface area contributed by atoms with Crippen molar-refractivity contribution in [1.82, 2.24) is 4.90 Å². The van der Waals surface area contributed by atoms with Gasteiger partial charge in [-0.2, -0.15) is 0 Å². The van der Waals surface area contributed by atoms with Gasteiger partial charge in [0.2, 0.25) is 0 Å². The number of aliphatic hydroxyl groups is 2. The Balaban J connectivity index is 4.18. The third kappa shape index (κ3) is 20.2. The van der Waals surface area contributed by atoms with Crippen molar-refractivity contribution in [3.05, 3.63) is 0 Å². The predicted octanol–water partition coefficient (Wildman–Crippen LogP) is 5.28. The zero-order valence-electron chi connectivity index (χ0n) is 21.5. The van der Waals surface area contributed by atoms with E-state index in [1.54, 1.807) is 0 Å². The minimum Gasteiger partial charge on any atom is -0.389 e. The number of unbranched alkanes of at least 4 members (excludes halogenated alkanes) is 3. The van der Waals surface area contributed by atoms with Crippen molar-refractivity contribution in [3.8, 4) is 0 Å². The summed E-state index contributed by atoms with van der Waals surface area (Å²) in [5, 5.41) is 20.9. The maximum Gasteiger partial charge on any atom is 0.0900 e. The van der Waals surface area contributed by atoms with Crippen molar-refractivity contribution in [3.63, 3.8) is 0 Å². The standard InChI is InChI=1S/C26H55NO4/c1-6-9-10-11-16-27(19-25(28)21-30-17-12-14-23(4)7-2)20-26(29)22-31-18-13-15-24(5)8-3/h23-26,28-29H,6-22H2,1-5H3. The Morgan fingerprint density at radius 2 is 1.16 bits per heavy atom. The molecule has 0 saturated carbocycles. The van der Waals surface area contributed by atoms with Gasteiger partial charge in [-0.05, 0) is 50.5 Å². The van der Waals surface area contributed by atoms with Crippen LogP contribution in [-0.2, 0) is 9.47 Å². The van der Waals surface area contributed by atoms with E-state index in [0.29, 0.717) is 39.5 Å². The molecule has 0 amide bonds. The van der Waals surface area contributed by atoms with E-state index in [-0.39, 0.29) is 0 Å². The number of hydrogen-bond donors (Lipinski definition) is 2. The molecule has 4 unspecified atom stereocenters. The molecule has 5 nitrogen and oxygen atoms in total. The summed E-state index contributed by atoms with van der Waals surface area (Å²) < 4.78 is 11.4. The summed E-state index contributed by atoms with van der Waals surface area (Å²) in [6.07, 6.45) is 10.6. The number of hydrogen-bond acceptors (Lipinski definition) is 5. The normalized spacial score (nSPS) is 15.9. The highest BCUT2D eigenvalue weighted by atomic mass is 16.5. The molecule has 188 valence electrons. The summed E-state index contributed by atoms with van der Waals surface area (Å²) >= 11 is 0. The van der Waals surface area contributed by atoms with Crippen LogP contribution in [0, 0.1) is 11.8 Å². The largest absolute Gasteiger partial charge is 0.389 e. The van der Waals surface area contributed by atoms with Crippen molar-refractivity contribution < 1.29 is 19.7 Å². The summed E-state index contributed by atoms with van der Waals surface area (Å²) in [7, 11) is 0. The molecule has 0 heterocycles. The van der Waals surface area contributed by atoms with Crippen LogP contribution in [0.25, 0.3) is 0 Å². The SMILES string of the molecule is CCCCCCN(CC(O)COCCCC(C)CC)CC(O)COCCCC(C)CC. The van der Waals surface area contributed by atoms with Crippen LogP contribution in [0.5, 0.6) is 0 Å². The second kappa shape index (κ2) is 21.6. The Morgan fingerprint density at radius 1 is 0.677 bits per heavy atom. The molecule has 0 rings (SSSR count). The molecule has 5 heteroatoms. The van der Waals surface area contributed by atoms with E-state index in [2.05, 4.69) is 39.5 Å². The van der Waals surface area contributed by atoms with Gasteiger partial charge in [-0.3, -0.25) is 4.90 Å². The van der Waals surface area contributed by atoms with Gasteiger partial charge < -0.3 is 19.7 Å². The molecule has 0 aromatic rings. The van der Waals surface area contributed by atoms with Crippen LogP contribution in [0.2, 0.25) is 0 Å².